The number of halogens is 2. The standard InChI is InChI=1S/C14H19F2NO/c1-2-11-5-3-4-6-17(11)14-12(15)7-10(9-18)8-13(14)16/h7-8,11,18H,2-6,9H2,1H3. The Bertz CT molecular complexity index is 399. The predicted octanol–water partition coefficient (Wildman–Crippen LogP) is 3.23. The number of anilines is 1. The summed E-state index contributed by atoms with van der Waals surface area (Å²) in [7, 11) is 0. The maximum atomic E-state index is 14.0. The molecular formula is C14H19F2NO. The van der Waals surface area contributed by atoms with E-state index in [0.717, 1.165) is 25.7 Å². The van der Waals surface area contributed by atoms with E-state index in [1.807, 2.05) is 11.8 Å². The van der Waals surface area contributed by atoms with Crippen LogP contribution in [0.5, 0.6) is 0 Å². The van der Waals surface area contributed by atoms with Crippen LogP contribution in [0.2, 0.25) is 0 Å². The lowest BCUT2D eigenvalue weighted by Crippen LogP contribution is -2.40. The van der Waals surface area contributed by atoms with Gasteiger partial charge in [-0.05, 0) is 43.4 Å². The van der Waals surface area contributed by atoms with E-state index in [9.17, 15) is 8.78 Å². The molecule has 0 amide bonds. The number of hydrogen-bond acceptors (Lipinski definition) is 2. The molecule has 1 fully saturated rings. The fourth-order valence-electron chi connectivity index (χ4n) is 2.70. The monoisotopic (exact) mass is 255 g/mol. The van der Waals surface area contributed by atoms with Crippen LogP contribution in [0.1, 0.15) is 38.2 Å². The first-order valence-corrected chi connectivity index (χ1v) is 6.52. The largest absolute Gasteiger partial charge is 0.392 e. The van der Waals surface area contributed by atoms with Gasteiger partial charge in [-0.1, -0.05) is 6.92 Å². The van der Waals surface area contributed by atoms with Crippen molar-refractivity contribution in [3.63, 3.8) is 0 Å². The molecule has 18 heavy (non-hydrogen) atoms. The topological polar surface area (TPSA) is 23.5 Å². The maximum Gasteiger partial charge on any atom is 0.149 e. The lowest BCUT2D eigenvalue weighted by molar-refractivity contribution is 0.280. The molecule has 4 heteroatoms. The molecule has 1 aliphatic rings. The zero-order chi connectivity index (χ0) is 13.1. The summed E-state index contributed by atoms with van der Waals surface area (Å²) in [6.07, 6.45) is 3.96. The Morgan fingerprint density at radius 1 is 1.28 bits per heavy atom. The molecule has 100 valence electrons. The first-order valence-electron chi connectivity index (χ1n) is 6.52. The van der Waals surface area contributed by atoms with Gasteiger partial charge < -0.3 is 10.0 Å². The highest BCUT2D eigenvalue weighted by Crippen LogP contribution is 2.31. The van der Waals surface area contributed by atoms with Crippen molar-refractivity contribution in [2.45, 2.75) is 45.3 Å². The molecule has 0 radical (unpaired) electrons. The number of nitrogens with zero attached hydrogens (tertiary/aromatic N) is 1. The maximum absolute atomic E-state index is 14.0. The van der Waals surface area contributed by atoms with E-state index in [1.54, 1.807) is 0 Å². The van der Waals surface area contributed by atoms with E-state index < -0.39 is 11.6 Å². The molecule has 1 saturated heterocycles. The van der Waals surface area contributed by atoms with Crippen molar-refractivity contribution in [1.82, 2.24) is 0 Å². The van der Waals surface area contributed by atoms with Crippen LogP contribution in [0.3, 0.4) is 0 Å². The summed E-state index contributed by atoms with van der Waals surface area (Å²) in [6, 6.07) is 2.65. The van der Waals surface area contributed by atoms with Crippen LogP contribution in [0.25, 0.3) is 0 Å². The predicted molar refractivity (Wildman–Crippen MR) is 67.6 cm³/mol. The molecular weight excluding hydrogens is 236 g/mol. The van der Waals surface area contributed by atoms with Crippen LogP contribution in [-0.4, -0.2) is 17.7 Å². The van der Waals surface area contributed by atoms with Crippen LogP contribution in [0.15, 0.2) is 12.1 Å². The molecule has 1 aliphatic heterocycles. The molecule has 1 aromatic carbocycles. The van der Waals surface area contributed by atoms with Crippen LogP contribution >= 0.6 is 0 Å². The average molecular weight is 255 g/mol. The molecule has 0 spiro atoms. The molecule has 2 rings (SSSR count). The number of hydrogen-bond donors (Lipinski definition) is 1. The van der Waals surface area contributed by atoms with Crippen LogP contribution in [0.4, 0.5) is 14.5 Å². The summed E-state index contributed by atoms with van der Waals surface area (Å²) >= 11 is 0. The lowest BCUT2D eigenvalue weighted by Gasteiger charge is -2.37. The number of aliphatic hydroxyl groups is 1. The number of rotatable bonds is 3. The Balaban J connectivity index is 2.37. The number of aliphatic hydroxyl groups excluding tert-OH is 1. The van der Waals surface area contributed by atoms with E-state index in [2.05, 4.69) is 0 Å². The minimum atomic E-state index is -0.570. The summed E-state index contributed by atoms with van der Waals surface area (Å²) in [5.74, 6) is -1.14. The van der Waals surface area contributed by atoms with Crippen molar-refractivity contribution in [3.8, 4) is 0 Å². The second-order valence-electron chi connectivity index (χ2n) is 4.82. The summed E-state index contributed by atoms with van der Waals surface area (Å²) in [6.45, 7) is 2.40. The summed E-state index contributed by atoms with van der Waals surface area (Å²) < 4.78 is 28.0. The fourth-order valence-corrected chi connectivity index (χ4v) is 2.70. The minimum absolute atomic E-state index is 0.0683. The molecule has 1 aromatic rings. The Labute approximate surface area is 106 Å². The van der Waals surface area contributed by atoms with Crippen molar-refractivity contribution in [2.75, 3.05) is 11.4 Å². The molecule has 0 aliphatic carbocycles. The van der Waals surface area contributed by atoms with Gasteiger partial charge in [-0.2, -0.15) is 0 Å². The van der Waals surface area contributed by atoms with Gasteiger partial charge >= 0.3 is 0 Å². The van der Waals surface area contributed by atoms with Gasteiger partial charge in [0, 0.05) is 12.6 Å². The van der Waals surface area contributed by atoms with Gasteiger partial charge in [0.25, 0.3) is 0 Å². The first kappa shape index (κ1) is 13.3. The van der Waals surface area contributed by atoms with Crippen molar-refractivity contribution < 1.29 is 13.9 Å². The SMILES string of the molecule is CCC1CCCCN1c1c(F)cc(CO)cc1F. The van der Waals surface area contributed by atoms with E-state index in [1.165, 1.54) is 12.1 Å². The first-order chi connectivity index (χ1) is 8.67. The Hall–Kier alpha value is -1.16. The quantitative estimate of drug-likeness (QED) is 0.896. The van der Waals surface area contributed by atoms with Crippen molar-refractivity contribution in [1.29, 1.82) is 0 Å². The van der Waals surface area contributed by atoms with Gasteiger partial charge in [0.15, 0.2) is 0 Å². The van der Waals surface area contributed by atoms with Crippen LogP contribution < -0.4 is 4.90 Å². The summed E-state index contributed by atoms with van der Waals surface area (Å²) in [5.41, 5.74) is 0.345. The third kappa shape index (κ3) is 2.48. The normalized spacial score (nSPS) is 20.2. The third-order valence-corrected chi connectivity index (χ3v) is 3.64. The highest BCUT2D eigenvalue weighted by Gasteiger charge is 2.26. The van der Waals surface area contributed by atoms with E-state index in [4.69, 9.17) is 5.11 Å². The van der Waals surface area contributed by atoms with Crippen molar-refractivity contribution in [3.05, 3.63) is 29.3 Å². The van der Waals surface area contributed by atoms with Crippen LogP contribution in [0, 0.1) is 11.6 Å². The van der Waals surface area contributed by atoms with Crippen molar-refractivity contribution >= 4 is 5.69 Å². The highest BCUT2D eigenvalue weighted by molar-refractivity contribution is 5.52. The minimum Gasteiger partial charge on any atom is -0.392 e. The van der Waals surface area contributed by atoms with Gasteiger partial charge in [0.1, 0.15) is 17.3 Å². The van der Waals surface area contributed by atoms with Gasteiger partial charge in [-0.25, -0.2) is 8.78 Å². The number of benzene rings is 1. The molecule has 1 unspecified atom stereocenters. The molecule has 0 aromatic heterocycles. The van der Waals surface area contributed by atoms with Crippen LogP contribution in [-0.2, 0) is 6.61 Å². The van der Waals surface area contributed by atoms with Gasteiger partial charge in [0.05, 0.1) is 6.61 Å². The number of piperidine rings is 1. The molecule has 1 N–H and O–H groups in total. The molecule has 1 heterocycles. The van der Waals surface area contributed by atoms with Gasteiger partial charge in [0.2, 0.25) is 0 Å². The molecule has 1 atom stereocenters. The van der Waals surface area contributed by atoms with Gasteiger partial charge in [-0.15, -0.1) is 0 Å². The highest BCUT2D eigenvalue weighted by atomic mass is 19.1. The molecule has 0 saturated carbocycles. The van der Waals surface area contributed by atoms with E-state index in [0.29, 0.717) is 6.54 Å². The smallest absolute Gasteiger partial charge is 0.149 e. The molecule has 0 bridgehead atoms. The second-order valence-corrected chi connectivity index (χ2v) is 4.82. The van der Waals surface area contributed by atoms with E-state index in [-0.39, 0.29) is 23.9 Å². The van der Waals surface area contributed by atoms with Crippen molar-refractivity contribution in [2.24, 2.45) is 0 Å². The van der Waals surface area contributed by atoms with E-state index >= 15 is 0 Å². The zero-order valence-corrected chi connectivity index (χ0v) is 10.6. The second kappa shape index (κ2) is 5.65. The third-order valence-electron chi connectivity index (χ3n) is 3.64. The Morgan fingerprint density at radius 2 is 1.94 bits per heavy atom. The lowest BCUT2D eigenvalue weighted by atomic mass is 9.98. The Morgan fingerprint density at radius 3 is 2.50 bits per heavy atom. The molecule has 2 nitrogen and oxygen atoms in total. The Kier molecular flexibility index (Phi) is 4.17. The average Bonchev–Trinajstić information content (AvgIpc) is 2.38. The zero-order valence-electron chi connectivity index (χ0n) is 10.6. The summed E-state index contributed by atoms with van der Waals surface area (Å²) in [4.78, 5) is 1.84. The summed E-state index contributed by atoms with van der Waals surface area (Å²) in [5, 5.41) is 8.94. The van der Waals surface area contributed by atoms with Gasteiger partial charge in [-0.3, -0.25) is 0 Å². The fraction of sp³-hybridized carbons (Fsp3) is 0.571.